The third kappa shape index (κ3) is 3.23. The summed E-state index contributed by atoms with van der Waals surface area (Å²) in [6, 6.07) is 11.4. The molecule has 1 N–H and O–H groups in total. The van der Waals surface area contributed by atoms with Crippen LogP contribution >= 0.6 is 11.3 Å². The minimum absolute atomic E-state index is 0.0728. The second-order valence-electron chi connectivity index (χ2n) is 5.05. The number of amides is 1. The molecule has 0 saturated heterocycles. The summed E-state index contributed by atoms with van der Waals surface area (Å²) in [5.74, 6) is -0.0728. The first-order chi connectivity index (χ1) is 10.6. The molecule has 0 unspecified atom stereocenters. The van der Waals surface area contributed by atoms with E-state index in [4.69, 9.17) is 0 Å². The highest BCUT2D eigenvalue weighted by Gasteiger charge is 2.11. The SMILES string of the molecule is Cc1cc(C)n(-c2nc(CC(=O)Nc3ccccc3)cs2)n1. The van der Waals surface area contributed by atoms with Crippen LogP contribution in [-0.4, -0.2) is 20.7 Å². The van der Waals surface area contributed by atoms with Gasteiger partial charge in [-0.05, 0) is 32.0 Å². The molecule has 0 atom stereocenters. The Morgan fingerprint density at radius 1 is 1.27 bits per heavy atom. The summed E-state index contributed by atoms with van der Waals surface area (Å²) in [5, 5.41) is 9.95. The van der Waals surface area contributed by atoms with Gasteiger partial charge in [0.05, 0.1) is 17.8 Å². The molecule has 22 heavy (non-hydrogen) atoms. The minimum atomic E-state index is -0.0728. The number of anilines is 1. The number of aromatic nitrogens is 3. The van der Waals surface area contributed by atoms with E-state index >= 15 is 0 Å². The Morgan fingerprint density at radius 3 is 2.73 bits per heavy atom. The van der Waals surface area contributed by atoms with E-state index in [2.05, 4.69) is 15.4 Å². The third-order valence-electron chi connectivity index (χ3n) is 3.13. The monoisotopic (exact) mass is 312 g/mol. The Morgan fingerprint density at radius 2 is 2.05 bits per heavy atom. The van der Waals surface area contributed by atoms with Crippen molar-refractivity contribution in [3.63, 3.8) is 0 Å². The molecule has 0 saturated carbocycles. The van der Waals surface area contributed by atoms with Gasteiger partial charge in [-0.1, -0.05) is 18.2 Å². The van der Waals surface area contributed by atoms with Crippen molar-refractivity contribution in [1.82, 2.24) is 14.8 Å². The number of rotatable bonds is 4. The van der Waals surface area contributed by atoms with Gasteiger partial charge in [0.2, 0.25) is 11.0 Å². The predicted molar refractivity (Wildman–Crippen MR) is 87.5 cm³/mol. The van der Waals surface area contributed by atoms with Crippen LogP contribution in [0.15, 0.2) is 41.8 Å². The molecule has 2 heterocycles. The predicted octanol–water partition coefficient (Wildman–Crippen LogP) is 3.13. The standard InChI is InChI=1S/C16H16N4OS/c1-11-8-12(2)20(19-11)16-18-14(10-22-16)9-15(21)17-13-6-4-3-5-7-13/h3-8,10H,9H2,1-2H3,(H,17,21). The highest BCUT2D eigenvalue weighted by atomic mass is 32.1. The third-order valence-corrected chi connectivity index (χ3v) is 3.99. The van der Waals surface area contributed by atoms with Crippen molar-refractivity contribution in [3.8, 4) is 5.13 Å². The first-order valence-electron chi connectivity index (χ1n) is 6.95. The van der Waals surface area contributed by atoms with Gasteiger partial charge in [-0.25, -0.2) is 9.67 Å². The molecular formula is C16H16N4OS. The normalized spacial score (nSPS) is 10.6. The van der Waals surface area contributed by atoms with Crippen LogP contribution in [0.5, 0.6) is 0 Å². The molecule has 3 rings (SSSR count). The van der Waals surface area contributed by atoms with Crippen LogP contribution in [0, 0.1) is 13.8 Å². The average Bonchev–Trinajstić information content (AvgIpc) is 3.06. The first kappa shape index (κ1) is 14.5. The zero-order valence-electron chi connectivity index (χ0n) is 12.4. The number of thiazole rings is 1. The van der Waals surface area contributed by atoms with E-state index in [1.165, 1.54) is 11.3 Å². The topological polar surface area (TPSA) is 59.8 Å². The van der Waals surface area contributed by atoms with Crippen molar-refractivity contribution in [1.29, 1.82) is 0 Å². The second-order valence-corrected chi connectivity index (χ2v) is 5.89. The van der Waals surface area contributed by atoms with Crippen LogP contribution in [0.1, 0.15) is 17.1 Å². The number of aryl methyl sites for hydroxylation is 2. The lowest BCUT2D eigenvalue weighted by atomic mass is 10.3. The van der Waals surface area contributed by atoms with E-state index in [1.54, 1.807) is 4.68 Å². The number of nitrogens with one attached hydrogen (secondary N) is 1. The molecule has 0 aliphatic rings. The molecule has 0 aliphatic carbocycles. The Hall–Kier alpha value is -2.47. The summed E-state index contributed by atoms with van der Waals surface area (Å²) in [6.07, 6.45) is 0.255. The van der Waals surface area contributed by atoms with Gasteiger partial charge >= 0.3 is 0 Å². The van der Waals surface area contributed by atoms with Gasteiger partial charge in [0, 0.05) is 16.8 Å². The van der Waals surface area contributed by atoms with Crippen molar-refractivity contribution in [2.45, 2.75) is 20.3 Å². The van der Waals surface area contributed by atoms with E-state index in [0.717, 1.165) is 27.9 Å². The lowest BCUT2D eigenvalue weighted by Crippen LogP contribution is -2.14. The van der Waals surface area contributed by atoms with Crippen molar-refractivity contribution in [3.05, 3.63) is 58.9 Å². The lowest BCUT2D eigenvalue weighted by Gasteiger charge is -2.03. The summed E-state index contributed by atoms with van der Waals surface area (Å²) in [5.41, 5.74) is 3.53. The van der Waals surface area contributed by atoms with Crippen LogP contribution in [0.25, 0.3) is 5.13 Å². The Kier molecular flexibility index (Phi) is 4.02. The summed E-state index contributed by atoms with van der Waals surface area (Å²) in [4.78, 5) is 16.5. The van der Waals surface area contributed by atoms with Crippen LogP contribution in [0.4, 0.5) is 5.69 Å². The van der Waals surface area contributed by atoms with Gasteiger partial charge in [0.15, 0.2) is 0 Å². The minimum Gasteiger partial charge on any atom is -0.326 e. The number of carbonyl (C=O) groups excluding carboxylic acids is 1. The molecule has 1 aromatic carbocycles. The second kappa shape index (κ2) is 6.11. The van der Waals surface area contributed by atoms with E-state index < -0.39 is 0 Å². The quantitative estimate of drug-likeness (QED) is 0.805. The molecule has 112 valence electrons. The number of nitrogens with zero attached hydrogens (tertiary/aromatic N) is 3. The van der Waals surface area contributed by atoms with Crippen molar-refractivity contribution in [2.24, 2.45) is 0 Å². The van der Waals surface area contributed by atoms with Crippen molar-refractivity contribution >= 4 is 22.9 Å². The maximum atomic E-state index is 12.0. The zero-order chi connectivity index (χ0) is 15.5. The highest BCUT2D eigenvalue weighted by Crippen LogP contribution is 2.17. The summed E-state index contributed by atoms with van der Waals surface area (Å²) < 4.78 is 1.80. The van der Waals surface area contributed by atoms with E-state index in [9.17, 15) is 4.79 Å². The largest absolute Gasteiger partial charge is 0.326 e. The molecule has 3 aromatic rings. The average molecular weight is 312 g/mol. The van der Waals surface area contributed by atoms with Gasteiger partial charge in [-0.2, -0.15) is 5.10 Å². The van der Waals surface area contributed by atoms with Crippen molar-refractivity contribution < 1.29 is 4.79 Å². The van der Waals surface area contributed by atoms with Gasteiger partial charge < -0.3 is 5.32 Å². The van der Waals surface area contributed by atoms with Gasteiger partial charge in [-0.15, -0.1) is 11.3 Å². The van der Waals surface area contributed by atoms with Gasteiger partial charge in [0.1, 0.15) is 0 Å². The number of carbonyl (C=O) groups is 1. The maximum Gasteiger partial charge on any atom is 0.230 e. The van der Waals surface area contributed by atoms with Crippen molar-refractivity contribution in [2.75, 3.05) is 5.32 Å². The van der Waals surface area contributed by atoms with Gasteiger partial charge in [-0.3, -0.25) is 4.79 Å². The van der Waals surface area contributed by atoms with E-state index in [0.29, 0.717) is 0 Å². The molecule has 0 radical (unpaired) electrons. The molecule has 2 aromatic heterocycles. The molecule has 0 spiro atoms. The summed E-state index contributed by atoms with van der Waals surface area (Å²) in [7, 11) is 0. The van der Waals surface area contributed by atoms with Crippen LogP contribution < -0.4 is 5.32 Å². The first-order valence-corrected chi connectivity index (χ1v) is 7.83. The zero-order valence-corrected chi connectivity index (χ0v) is 13.2. The lowest BCUT2D eigenvalue weighted by molar-refractivity contribution is -0.115. The molecular weight excluding hydrogens is 296 g/mol. The summed E-state index contributed by atoms with van der Waals surface area (Å²) in [6.45, 7) is 3.94. The number of benzene rings is 1. The number of hydrogen-bond acceptors (Lipinski definition) is 4. The molecule has 5 nitrogen and oxygen atoms in total. The fourth-order valence-corrected chi connectivity index (χ4v) is 3.02. The molecule has 0 fully saturated rings. The Labute approximate surface area is 132 Å². The molecule has 6 heteroatoms. The highest BCUT2D eigenvalue weighted by molar-refractivity contribution is 7.12. The van der Waals surface area contributed by atoms with E-state index in [-0.39, 0.29) is 12.3 Å². The fraction of sp³-hybridized carbons (Fsp3) is 0.188. The number of para-hydroxylation sites is 1. The molecule has 0 aliphatic heterocycles. The molecule has 0 bridgehead atoms. The maximum absolute atomic E-state index is 12.0. The van der Waals surface area contributed by atoms with Crippen LogP contribution in [0.3, 0.4) is 0 Å². The van der Waals surface area contributed by atoms with Crippen LogP contribution in [-0.2, 0) is 11.2 Å². The smallest absolute Gasteiger partial charge is 0.230 e. The van der Waals surface area contributed by atoms with Crippen LogP contribution in [0.2, 0.25) is 0 Å². The van der Waals surface area contributed by atoms with E-state index in [1.807, 2.05) is 55.6 Å². The Bertz CT molecular complexity index is 792. The fourth-order valence-electron chi connectivity index (χ4n) is 2.19. The van der Waals surface area contributed by atoms with Gasteiger partial charge in [0.25, 0.3) is 0 Å². The molecule has 1 amide bonds. The number of hydrogen-bond donors (Lipinski definition) is 1. The summed E-state index contributed by atoms with van der Waals surface area (Å²) >= 11 is 1.49. The Balaban J connectivity index is 1.69.